The second-order valence-corrected chi connectivity index (χ2v) is 21.9. The third-order valence-electron chi connectivity index (χ3n) is 17.3. The molecule has 0 amide bonds. The van der Waals surface area contributed by atoms with Gasteiger partial charge in [0, 0.05) is 49.8 Å². The summed E-state index contributed by atoms with van der Waals surface area (Å²) in [7, 11) is 0. The van der Waals surface area contributed by atoms with Crippen LogP contribution in [0.25, 0.3) is 77.3 Å². The van der Waals surface area contributed by atoms with Crippen molar-refractivity contribution in [2.75, 3.05) is 9.80 Å². The summed E-state index contributed by atoms with van der Waals surface area (Å²) in [5, 5.41) is 4.24. The lowest BCUT2D eigenvalue weighted by Gasteiger charge is -2.38. The Morgan fingerprint density at radius 2 is 0.825 bits per heavy atom. The second-order valence-electron chi connectivity index (χ2n) is 21.9. The van der Waals surface area contributed by atoms with Gasteiger partial charge in [0.2, 0.25) is 0 Å². The summed E-state index contributed by atoms with van der Waals surface area (Å²) in [5.74, 6) is 0. The molecule has 0 bridgehead atoms. The molecule has 0 radical (unpaired) electrons. The van der Waals surface area contributed by atoms with Gasteiger partial charge in [-0.25, -0.2) is 0 Å². The Bertz CT molecular complexity index is 4720. The maximum atomic E-state index is 7.30. The van der Waals surface area contributed by atoms with Crippen LogP contribution in [0, 0.1) is 0 Å². The minimum absolute atomic E-state index is 0.233. The van der Waals surface area contributed by atoms with Crippen LogP contribution < -0.4 is 9.80 Å². The van der Waals surface area contributed by atoms with Crippen molar-refractivity contribution in [1.29, 1.82) is 0 Å². The first-order chi connectivity index (χ1) is 39.5. The van der Waals surface area contributed by atoms with Crippen LogP contribution in [-0.4, -0.2) is 0 Å². The zero-order valence-corrected chi connectivity index (χ0v) is 44.3. The number of rotatable bonds is 9. The van der Waals surface area contributed by atoms with Gasteiger partial charge < -0.3 is 18.6 Å². The van der Waals surface area contributed by atoms with Crippen LogP contribution in [0.5, 0.6) is 0 Å². The molecule has 0 unspecified atom stereocenters. The normalized spacial score (nSPS) is 13.6. The van der Waals surface area contributed by atoms with Gasteiger partial charge in [-0.3, -0.25) is 0 Å². The van der Waals surface area contributed by atoms with Crippen molar-refractivity contribution in [1.82, 2.24) is 0 Å². The second kappa shape index (κ2) is 17.7. The Morgan fingerprint density at radius 1 is 0.312 bits per heavy atom. The molecule has 0 aliphatic heterocycles. The largest absolute Gasteiger partial charge is 0.456 e. The summed E-state index contributed by atoms with van der Waals surface area (Å²) >= 11 is 0. The van der Waals surface area contributed by atoms with E-state index in [-0.39, 0.29) is 5.41 Å². The van der Waals surface area contributed by atoms with E-state index in [1.807, 2.05) is 0 Å². The van der Waals surface area contributed by atoms with Gasteiger partial charge >= 0.3 is 0 Å². The number of furan rings is 2. The predicted octanol–water partition coefficient (Wildman–Crippen LogP) is 20.8. The topological polar surface area (TPSA) is 32.8 Å². The Hall–Kier alpha value is -10.2. The van der Waals surface area contributed by atoms with Crippen molar-refractivity contribution >= 4 is 78.0 Å². The quantitative estimate of drug-likeness (QED) is 0.144. The number of nitrogens with zero attached hydrogens (tertiary/aromatic N) is 2. The molecule has 0 saturated heterocycles. The van der Waals surface area contributed by atoms with Gasteiger partial charge in [-0.1, -0.05) is 232 Å². The summed E-state index contributed by atoms with van der Waals surface area (Å²) in [6.07, 6.45) is 0. The fourth-order valence-electron chi connectivity index (χ4n) is 13.9. The van der Waals surface area contributed by atoms with Crippen LogP contribution in [0.4, 0.5) is 34.1 Å². The fraction of sp³-hybridized carbons (Fsp3) is 0.0526. The van der Waals surface area contributed by atoms with Gasteiger partial charge in [0.05, 0.1) is 27.9 Å². The average molecular weight is 1030 g/mol. The van der Waals surface area contributed by atoms with Crippen molar-refractivity contribution < 1.29 is 8.83 Å². The molecule has 0 atom stereocenters. The van der Waals surface area contributed by atoms with Crippen molar-refractivity contribution in [2.24, 2.45) is 0 Å². The Balaban J connectivity index is 0.988. The van der Waals surface area contributed by atoms with E-state index in [9.17, 15) is 0 Å². The minimum Gasteiger partial charge on any atom is -0.456 e. The number of hydrogen-bond donors (Lipinski definition) is 0. The molecule has 12 aromatic carbocycles. The van der Waals surface area contributed by atoms with E-state index in [2.05, 4.69) is 303 Å². The maximum absolute atomic E-state index is 7.30. The lowest BCUT2D eigenvalue weighted by molar-refractivity contribution is 0.660. The Morgan fingerprint density at radius 3 is 1.60 bits per heavy atom. The summed E-state index contributed by atoms with van der Waals surface area (Å²) in [6.45, 7) is 4.72. The van der Waals surface area contributed by atoms with Gasteiger partial charge in [0.25, 0.3) is 0 Å². The molecular weight excluding hydrogens is 973 g/mol. The molecule has 16 rings (SSSR count). The van der Waals surface area contributed by atoms with E-state index < -0.39 is 5.41 Å². The van der Waals surface area contributed by atoms with Crippen molar-refractivity contribution in [3.8, 4) is 33.4 Å². The molecule has 2 aliphatic carbocycles. The standard InChI is InChI=1S/C76H52N2O2/c1-75(2)63-38-15-12-31-56(63)58-46-45-54(48-65(58)75)77(68-42-21-37-61-60-36-19-34-55(73(60)80-74(61)68)49-23-6-3-7-24-49)52-29-18-30-53(47-52)78(66-40-22-44-70-71(66)62-33-14-17-43-69(62)79-70)67-41-20-35-59-57-32-13-16-39-64(57)76(72(59)67,50-25-8-4-9-26-50)51-27-10-5-11-28-51/h3-48H,1-2H3. The summed E-state index contributed by atoms with van der Waals surface area (Å²) in [5.41, 5.74) is 23.1. The number of para-hydroxylation sites is 3. The Kier molecular flexibility index (Phi) is 10.2. The maximum Gasteiger partial charge on any atom is 0.159 e. The average Bonchev–Trinajstić information content (AvgIpc) is 4.38. The minimum atomic E-state index is -0.691. The van der Waals surface area contributed by atoms with E-state index in [1.54, 1.807) is 0 Å². The zero-order chi connectivity index (χ0) is 53.1. The highest BCUT2D eigenvalue weighted by molar-refractivity contribution is 6.15. The third kappa shape index (κ3) is 6.63. The van der Waals surface area contributed by atoms with Gasteiger partial charge in [-0.2, -0.15) is 0 Å². The van der Waals surface area contributed by atoms with Crippen LogP contribution in [0.3, 0.4) is 0 Å². The molecule has 80 heavy (non-hydrogen) atoms. The Labute approximate surface area is 464 Å². The lowest BCUT2D eigenvalue weighted by Crippen LogP contribution is -2.30. The molecule has 2 aliphatic rings. The first kappa shape index (κ1) is 46.0. The molecule has 4 nitrogen and oxygen atoms in total. The molecule has 378 valence electrons. The summed E-state index contributed by atoms with van der Waals surface area (Å²) in [6, 6.07) is 102. The van der Waals surface area contributed by atoms with Gasteiger partial charge in [-0.15, -0.1) is 0 Å². The van der Waals surface area contributed by atoms with E-state index in [4.69, 9.17) is 8.83 Å². The first-order valence-electron chi connectivity index (χ1n) is 27.7. The van der Waals surface area contributed by atoms with Gasteiger partial charge in [0.15, 0.2) is 5.58 Å². The predicted molar refractivity (Wildman–Crippen MR) is 331 cm³/mol. The number of anilines is 6. The highest BCUT2D eigenvalue weighted by Crippen LogP contribution is 2.61. The van der Waals surface area contributed by atoms with Crippen molar-refractivity contribution in [3.05, 3.63) is 312 Å². The number of hydrogen-bond acceptors (Lipinski definition) is 4. The highest BCUT2D eigenvalue weighted by Gasteiger charge is 2.48. The van der Waals surface area contributed by atoms with Crippen LogP contribution >= 0.6 is 0 Å². The van der Waals surface area contributed by atoms with E-state index in [1.165, 1.54) is 55.6 Å². The smallest absolute Gasteiger partial charge is 0.159 e. The monoisotopic (exact) mass is 1020 g/mol. The number of benzene rings is 12. The van der Waals surface area contributed by atoms with E-state index in [0.717, 1.165) is 89.1 Å². The molecule has 0 saturated carbocycles. The molecule has 0 spiro atoms. The first-order valence-corrected chi connectivity index (χ1v) is 27.7. The van der Waals surface area contributed by atoms with Crippen LogP contribution in [0.2, 0.25) is 0 Å². The molecule has 14 aromatic rings. The van der Waals surface area contributed by atoms with Gasteiger partial charge in [-0.05, 0) is 116 Å². The van der Waals surface area contributed by atoms with Crippen molar-refractivity contribution in [2.45, 2.75) is 24.7 Å². The van der Waals surface area contributed by atoms with Gasteiger partial charge in [0.1, 0.15) is 16.7 Å². The molecule has 0 fully saturated rings. The summed E-state index contributed by atoms with van der Waals surface area (Å²) in [4.78, 5) is 4.93. The third-order valence-corrected chi connectivity index (χ3v) is 17.3. The van der Waals surface area contributed by atoms with E-state index >= 15 is 0 Å². The zero-order valence-electron chi connectivity index (χ0n) is 44.3. The fourth-order valence-corrected chi connectivity index (χ4v) is 13.9. The lowest BCUT2D eigenvalue weighted by atomic mass is 9.67. The van der Waals surface area contributed by atoms with Crippen LogP contribution in [0.1, 0.15) is 47.2 Å². The van der Waals surface area contributed by atoms with E-state index in [0.29, 0.717) is 0 Å². The SMILES string of the molecule is CC1(C)c2ccccc2-c2ccc(N(c3cccc(N(c4cccc5c4C(c4ccccc4)(c4ccccc4)c4ccccc4-5)c4cccc5oc6ccccc6c45)c3)c3cccc4c3oc3c(-c5ccccc5)cccc34)cc21. The van der Waals surface area contributed by atoms with Crippen LogP contribution in [-0.2, 0) is 10.8 Å². The molecule has 2 aromatic heterocycles. The number of fused-ring (bicyclic) bond motifs is 12. The summed E-state index contributed by atoms with van der Waals surface area (Å²) < 4.78 is 14.0. The van der Waals surface area contributed by atoms with Crippen molar-refractivity contribution in [3.63, 3.8) is 0 Å². The molecule has 4 heteroatoms. The molecule has 0 N–H and O–H groups in total. The van der Waals surface area contributed by atoms with Crippen LogP contribution in [0.15, 0.2) is 288 Å². The molecule has 2 heterocycles. The molecular formula is C76H52N2O2. The highest BCUT2D eigenvalue weighted by atomic mass is 16.3.